The van der Waals surface area contributed by atoms with Crippen molar-refractivity contribution in [1.29, 1.82) is 0 Å². The molecule has 2 aromatic carbocycles. The number of halogens is 1. The lowest BCUT2D eigenvalue weighted by atomic mass is 9.89. The molecule has 0 saturated heterocycles. The zero-order chi connectivity index (χ0) is 14.8. The summed E-state index contributed by atoms with van der Waals surface area (Å²) in [7, 11) is 0. The predicted molar refractivity (Wildman–Crippen MR) is 86.9 cm³/mol. The van der Waals surface area contributed by atoms with E-state index in [1.807, 2.05) is 24.3 Å². The van der Waals surface area contributed by atoms with Crippen molar-refractivity contribution in [2.24, 2.45) is 5.73 Å². The SMILES string of the molecule is CC(CC1C[C@@H](N)c2cc(Cl)ccc2O1)c1ccccc1. The lowest BCUT2D eigenvalue weighted by Crippen LogP contribution is -2.30. The van der Waals surface area contributed by atoms with Crippen LogP contribution in [0.4, 0.5) is 0 Å². The molecule has 0 radical (unpaired) electrons. The van der Waals surface area contributed by atoms with Crippen LogP contribution in [0.25, 0.3) is 0 Å². The van der Waals surface area contributed by atoms with E-state index in [9.17, 15) is 0 Å². The third-order valence-electron chi connectivity index (χ3n) is 4.17. The second-order valence-electron chi connectivity index (χ2n) is 5.81. The van der Waals surface area contributed by atoms with Gasteiger partial charge in [-0.05, 0) is 36.1 Å². The molecule has 110 valence electrons. The van der Waals surface area contributed by atoms with E-state index in [0.29, 0.717) is 10.9 Å². The van der Waals surface area contributed by atoms with Gasteiger partial charge in [0.2, 0.25) is 0 Å². The topological polar surface area (TPSA) is 35.2 Å². The number of benzene rings is 2. The molecule has 1 heterocycles. The van der Waals surface area contributed by atoms with Gasteiger partial charge in [0.25, 0.3) is 0 Å². The van der Waals surface area contributed by atoms with Gasteiger partial charge in [-0.15, -0.1) is 0 Å². The summed E-state index contributed by atoms with van der Waals surface area (Å²) >= 11 is 6.03. The molecule has 0 spiro atoms. The van der Waals surface area contributed by atoms with Gasteiger partial charge >= 0.3 is 0 Å². The molecule has 2 nitrogen and oxygen atoms in total. The Morgan fingerprint density at radius 2 is 2.00 bits per heavy atom. The van der Waals surface area contributed by atoms with Gasteiger partial charge in [0.05, 0.1) is 0 Å². The maximum atomic E-state index is 6.28. The lowest BCUT2D eigenvalue weighted by Gasteiger charge is -2.32. The van der Waals surface area contributed by atoms with E-state index in [-0.39, 0.29) is 12.1 Å². The maximum Gasteiger partial charge on any atom is 0.124 e. The average Bonchev–Trinajstić information content (AvgIpc) is 2.49. The zero-order valence-electron chi connectivity index (χ0n) is 12.1. The van der Waals surface area contributed by atoms with Crippen LogP contribution in [0.2, 0.25) is 5.02 Å². The van der Waals surface area contributed by atoms with E-state index in [1.54, 1.807) is 0 Å². The summed E-state index contributed by atoms with van der Waals surface area (Å²) in [6, 6.07) is 16.2. The summed E-state index contributed by atoms with van der Waals surface area (Å²) in [6.45, 7) is 2.24. The van der Waals surface area contributed by atoms with E-state index in [4.69, 9.17) is 22.1 Å². The van der Waals surface area contributed by atoms with E-state index in [2.05, 4.69) is 31.2 Å². The molecule has 0 aliphatic carbocycles. The predicted octanol–water partition coefficient (Wildman–Crippen LogP) is 4.68. The Hall–Kier alpha value is -1.51. The molecule has 0 saturated carbocycles. The molecule has 1 aliphatic heterocycles. The fourth-order valence-electron chi connectivity index (χ4n) is 3.01. The van der Waals surface area contributed by atoms with Gasteiger partial charge in [0.1, 0.15) is 11.9 Å². The van der Waals surface area contributed by atoms with Crippen LogP contribution >= 0.6 is 11.6 Å². The molecule has 2 aromatic rings. The van der Waals surface area contributed by atoms with E-state index >= 15 is 0 Å². The molecule has 3 heteroatoms. The third-order valence-corrected chi connectivity index (χ3v) is 4.40. The zero-order valence-corrected chi connectivity index (χ0v) is 12.9. The highest BCUT2D eigenvalue weighted by Crippen LogP contribution is 2.37. The molecule has 0 bridgehead atoms. The number of ether oxygens (including phenoxy) is 1. The monoisotopic (exact) mass is 301 g/mol. The minimum absolute atomic E-state index is 0.000392. The molecular weight excluding hydrogens is 282 g/mol. The first kappa shape index (κ1) is 14.4. The molecule has 0 amide bonds. The number of nitrogens with two attached hydrogens (primary N) is 1. The summed E-state index contributed by atoms with van der Waals surface area (Å²) in [5.41, 5.74) is 8.64. The quantitative estimate of drug-likeness (QED) is 0.893. The highest BCUT2D eigenvalue weighted by Gasteiger charge is 2.27. The Morgan fingerprint density at radius 1 is 1.24 bits per heavy atom. The summed E-state index contributed by atoms with van der Waals surface area (Å²) in [6.07, 6.45) is 1.97. The number of rotatable bonds is 3. The number of hydrogen-bond acceptors (Lipinski definition) is 2. The van der Waals surface area contributed by atoms with E-state index in [0.717, 1.165) is 24.2 Å². The lowest BCUT2D eigenvalue weighted by molar-refractivity contribution is 0.143. The Kier molecular flexibility index (Phi) is 4.18. The van der Waals surface area contributed by atoms with Crippen LogP contribution < -0.4 is 10.5 Å². The van der Waals surface area contributed by atoms with Crippen molar-refractivity contribution in [3.8, 4) is 5.75 Å². The third kappa shape index (κ3) is 3.22. The van der Waals surface area contributed by atoms with Crippen LogP contribution in [0.1, 0.15) is 42.9 Å². The molecule has 0 aromatic heterocycles. The first-order valence-electron chi connectivity index (χ1n) is 7.40. The fourth-order valence-corrected chi connectivity index (χ4v) is 3.19. The second-order valence-corrected chi connectivity index (χ2v) is 6.25. The fraction of sp³-hybridized carbons (Fsp3) is 0.333. The van der Waals surface area contributed by atoms with Gasteiger partial charge in [-0.1, -0.05) is 48.9 Å². The highest BCUT2D eigenvalue weighted by atomic mass is 35.5. The molecule has 3 atom stereocenters. The Labute approximate surface area is 130 Å². The summed E-state index contributed by atoms with van der Waals surface area (Å²) in [5.74, 6) is 1.33. The molecule has 2 N–H and O–H groups in total. The minimum Gasteiger partial charge on any atom is -0.490 e. The molecule has 21 heavy (non-hydrogen) atoms. The van der Waals surface area contributed by atoms with Crippen molar-refractivity contribution in [3.63, 3.8) is 0 Å². The molecule has 3 rings (SSSR count). The first-order valence-corrected chi connectivity index (χ1v) is 7.78. The maximum absolute atomic E-state index is 6.28. The van der Waals surface area contributed by atoms with Crippen LogP contribution in [-0.2, 0) is 0 Å². The largest absolute Gasteiger partial charge is 0.490 e. The summed E-state index contributed by atoms with van der Waals surface area (Å²) < 4.78 is 6.11. The Balaban J connectivity index is 1.73. The van der Waals surface area contributed by atoms with Crippen molar-refractivity contribution in [2.45, 2.75) is 37.8 Å². The standard InChI is InChI=1S/C18H20ClNO/c1-12(13-5-3-2-4-6-13)9-15-11-17(20)16-10-14(19)7-8-18(16)21-15/h2-8,10,12,15,17H,9,11,20H2,1H3/t12?,15?,17-/m1/s1. The summed E-state index contributed by atoms with van der Waals surface area (Å²) in [4.78, 5) is 0. The van der Waals surface area contributed by atoms with Gasteiger partial charge in [0.15, 0.2) is 0 Å². The van der Waals surface area contributed by atoms with Crippen LogP contribution in [0, 0.1) is 0 Å². The Morgan fingerprint density at radius 3 is 2.76 bits per heavy atom. The van der Waals surface area contributed by atoms with Crippen LogP contribution in [0.3, 0.4) is 0 Å². The van der Waals surface area contributed by atoms with Crippen LogP contribution in [0.15, 0.2) is 48.5 Å². The Bertz CT molecular complexity index is 614. The van der Waals surface area contributed by atoms with Crippen molar-refractivity contribution < 1.29 is 4.74 Å². The van der Waals surface area contributed by atoms with E-state index in [1.165, 1.54) is 5.56 Å². The molecular formula is C18H20ClNO. The van der Waals surface area contributed by atoms with Gasteiger partial charge in [-0.25, -0.2) is 0 Å². The minimum atomic E-state index is 0.000392. The number of fused-ring (bicyclic) bond motifs is 1. The van der Waals surface area contributed by atoms with Gasteiger partial charge in [-0.2, -0.15) is 0 Å². The smallest absolute Gasteiger partial charge is 0.124 e. The molecule has 1 aliphatic rings. The van der Waals surface area contributed by atoms with Crippen molar-refractivity contribution >= 4 is 11.6 Å². The summed E-state index contributed by atoms with van der Waals surface area (Å²) in [5, 5.41) is 0.712. The number of hydrogen-bond donors (Lipinski definition) is 1. The second kappa shape index (κ2) is 6.08. The van der Waals surface area contributed by atoms with Crippen LogP contribution in [0.5, 0.6) is 5.75 Å². The first-order chi connectivity index (χ1) is 10.1. The normalized spacial score (nSPS) is 22.2. The van der Waals surface area contributed by atoms with Gasteiger partial charge < -0.3 is 10.5 Å². The van der Waals surface area contributed by atoms with Crippen molar-refractivity contribution in [1.82, 2.24) is 0 Å². The average molecular weight is 302 g/mol. The van der Waals surface area contributed by atoms with Crippen molar-refractivity contribution in [3.05, 3.63) is 64.7 Å². The van der Waals surface area contributed by atoms with Crippen LogP contribution in [-0.4, -0.2) is 6.10 Å². The molecule has 2 unspecified atom stereocenters. The molecule has 0 fully saturated rings. The highest BCUT2D eigenvalue weighted by molar-refractivity contribution is 6.30. The van der Waals surface area contributed by atoms with Gasteiger partial charge in [-0.3, -0.25) is 0 Å². The van der Waals surface area contributed by atoms with Gasteiger partial charge in [0, 0.05) is 23.0 Å². The van der Waals surface area contributed by atoms with Crippen molar-refractivity contribution in [2.75, 3.05) is 0 Å². The van der Waals surface area contributed by atoms with E-state index < -0.39 is 0 Å².